The van der Waals surface area contributed by atoms with Crippen LogP contribution in [0.1, 0.15) is 15.2 Å². The molecule has 4 rings (SSSR count). The third-order valence-corrected chi connectivity index (χ3v) is 7.07. The van der Waals surface area contributed by atoms with Crippen LogP contribution in [0.3, 0.4) is 0 Å². The highest BCUT2D eigenvalue weighted by atomic mass is 35.5. The molecule has 176 valence electrons. The second-order valence-corrected chi connectivity index (χ2v) is 9.17. The monoisotopic (exact) mass is 545 g/mol. The summed E-state index contributed by atoms with van der Waals surface area (Å²) in [6, 6.07) is 18.5. The summed E-state index contributed by atoms with van der Waals surface area (Å²) in [5.41, 5.74) is 2.90. The Morgan fingerprint density at radius 2 is 1.60 bits per heavy atom. The SMILES string of the molecule is O=C(N/N=C/c1ccc(OC(=O)c2sc3ccccc3c2Cl)cc1)C(=O)Nc1cccc(Cl)c1Cl. The zero-order valence-electron chi connectivity index (χ0n) is 17.6. The van der Waals surface area contributed by atoms with E-state index in [-0.39, 0.29) is 15.7 Å². The number of carbonyl (C=O) groups excluding carboxylic acids is 3. The number of benzene rings is 3. The first-order valence-corrected chi connectivity index (χ1v) is 11.9. The Morgan fingerprint density at radius 3 is 2.34 bits per heavy atom. The number of rotatable bonds is 5. The third-order valence-electron chi connectivity index (χ3n) is 4.60. The fraction of sp³-hybridized carbons (Fsp3) is 0. The second-order valence-electron chi connectivity index (χ2n) is 6.95. The lowest BCUT2D eigenvalue weighted by Crippen LogP contribution is -2.32. The van der Waals surface area contributed by atoms with Gasteiger partial charge in [-0.2, -0.15) is 5.10 Å². The van der Waals surface area contributed by atoms with Crippen LogP contribution in [-0.4, -0.2) is 24.0 Å². The van der Waals surface area contributed by atoms with E-state index >= 15 is 0 Å². The summed E-state index contributed by atoms with van der Waals surface area (Å²) in [5.74, 6) is -2.21. The van der Waals surface area contributed by atoms with Crippen molar-refractivity contribution in [2.75, 3.05) is 5.32 Å². The smallest absolute Gasteiger partial charge is 0.355 e. The molecule has 2 N–H and O–H groups in total. The average molecular weight is 547 g/mol. The Hall–Kier alpha value is -3.43. The summed E-state index contributed by atoms with van der Waals surface area (Å²) in [4.78, 5) is 36.8. The maximum absolute atomic E-state index is 12.5. The molecule has 11 heteroatoms. The summed E-state index contributed by atoms with van der Waals surface area (Å²) in [6.45, 7) is 0. The number of carbonyl (C=O) groups is 3. The molecule has 4 aromatic rings. The molecule has 0 aliphatic carbocycles. The Bertz CT molecular complexity index is 1470. The van der Waals surface area contributed by atoms with Crippen molar-refractivity contribution in [3.8, 4) is 5.75 Å². The molecule has 0 aliphatic heterocycles. The zero-order chi connectivity index (χ0) is 24.9. The molecular formula is C24H14Cl3N3O4S. The van der Waals surface area contributed by atoms with Gasteiger partial charge in [-0.15, -0.1) is 11.3 Å². The van der Waals surface area contributed by atoms with E-state index in [1.54, 1.807) is 36.4 Å². The number of thiophene rings is 1. The molecule has 0 aliphatic rings. The van der Waals surface area contributed by atoms with Crippen LogP contribution in [0, 0.1) is 0 Å². The maximum Gasteiger partial charge on any atom is 0.355 e. The van der Waals surface area contributed by atoms with E-state index in [1.165, 1.54) is 23.6 Å². The van der Waals surface area contributed by atoms with E-state index in [2.05, 4.69) is 15.8 Å². The first-order chi connectivity index (χ1) is 16.8. The van der Waals surface area contributed by atoms with Crippen LogP contribution in [0.2, 0.25) is 15.1 Å². The molecule has 0 bridgehead atoms. The number of amides is 2. The van der Waals surface area contributed by atoms with Crippen molar-refractivity contribution in [1.82, 2.24) is 5.43 Å². The lowest BCUT2D eigenvalue weighted by Gasteiger charge is -2.07. The van der Waals surface area contributed by atoms with Crippen molar-refractivity contribution in [1.29, 1.82) is 0 Å². The van der Waals surface area contributed by atoms with Crippen LogP contribution in [0.25, 0.3) is 10.1 Å². The topological polar surface area (TPSA) is 96.9 Å². The van der Waals surface area contributed by atoms with Gasteiger partial charge in [-0.3, -0.25) is 9.59 Å². The highest BCUT2D eigenvalue weighted by Crippen LogP contribution is 2.35. The summed E-state index contributed by atoms with van der Waals surface area (Å²) in [5, 5.41) is 7.62. The van der Waals surface area contributed by atoms with Gasteiger partial charge in [0.1, 0.15) is 10.6 Å². The molecule has 0 fully saturated rings. The highest BCUT2D eigenvalue weighted by molar-refractivity contribution is 7.21. The van der Waals surface area contributed by atoms with E-state index in [1.807, 2.05) is 24.3 Å². The Balaban J connectivity index is 1.33. The van der Waals surface area contributed by atoms with Crippen molar-refractivity contribution in [2.45, 2.75) is 0 Å². The van der Waals surface area contributed by atoms with Gasteiger partial charge in [-0.25, -0.2) is 10.2 Å². The quantitative estimate of drug-likeness (QED) is 0.103. The predicted octanol–water partition coefficient (Wildman–Crippen LogP) is 6.17. The number of halogens is 3. The first-order valence-electron chi connectivity index (χ1n) is 9.91. The minimum atomic E-state index is -0.997. The molecule has 35 heavy (non-hydrogen) atoms. The number of hydrogen-bond donors (Lipinski definition) is 2. The van der Waals surface area contributed by atoms with Crippen LogP contribution in [0.5, 0.6) is 5.75 Å². The average Bonchev–Trinajstić information content (AvgIpc) is 3.19. The second kappa shape index (κ2) is 10.9. The number of fused-ring (bicyclic) bond motifs is 1. The van der Waals surface area contributed by atoms with Gasteiger partial charge in [0.25, 0.3) is 0 Å². The molecule has 7 nitrogen and oxygen atoms in total. The van der Waals surface area contributed by atoms with E-state index in [0.29, 0.717) is 21.2 Å². The van der Waals surface area contributed by atoms with Gasteiger partial charge >= 0.3 is 17.8 Å². The summed E-state index contributed by atoms with van der Waals surface area (Å²) in [7, 11) is 0. The van der Waals surface area contributed by atoms with Crippen LogP contribution in [-0.2, 0) is 9.59 Å². The minimum absolute atomic E-state index is 0.120. The Morgan fingerprint density at radius 1 is 0.857 bits per heavy atom. The Kier molecular flexibility index (Phi) is 7.67. The van der Waals surface area contributed by atoms with Crippen molar-refractivity contribution in [3.05, 3.63) is 92.2 Å². The molecule has 1 heterocycles. The van der Waals surface area contributed by atoms with Crippen molar-refractivity contribution >= 4 is 85.9 Å². The summed E-state index contributed by atoms with van der Waals surface area (Å²) < 4.78 is 6.31. The van der Waals surface area contributed by atoms with Gasteiger partial charge < -0.3 is 10.1 Å². The van der Waals surface area contributed by atoms with Gasteiger partial charge in [0.15, 0.2) is 0 Å². The molecule has 2 amide bonds. The molecule has 0 atom stereocenters. The largest absolute Gasteiger partial charge is 0.422 e. The maximum atomic E-state index is 12.5. The van der Waals surface area contributed by atoms with E-state index in [0.717, 1.165) is 10.1 Å². The lowest BCUT2D eigenvalue weighted by atomic mass is 10.2. The van der Waals surface area contributed by atoms with Crippen molar-refractivity contribution in [2.24, 2.45) is 5.10 Å². The molecule has 0 unspecified atom stereocenters. The molecule has 0 spiro atoms. The van der Waals surface area contributed by atoms with Crippen LogP contribution in [0.15, 0.2) is 71.8 Å². The van der Waals surface area contributed by atoms with Crippen LogP contribution >= 0.6 is 46.1 Å². The van der Waals surface area contributed by atoms with E-state index in [4.69, 9.17) is 39.5 Å². The molecule has 1 aromatic heterocycles. The van der Waals surface area contributed by atoms with Crippen LogP contribution in [0.4, 0.5) is 5.69 Å². The molecule has 0 saturated heterocycles. The molecule has 0 saturated carbocycles. The number of nitrogens with zero attached hydrogens (tertiary/aromatic N) is 1. The van der Waals surface area contributed by atoms with Gasteiger partial charge in [0.05, 0.1) is 27.0 Å². The first kappa shape index (κ1) is 24.7. The van der Waals surface area contributed by atoms with Gasteiger partial charge in [0, 0.05) is 10.1 Å². The number of esters is 1. The van der Waals surface area contributed by atoms with E-state index in [9.17, 15) is 14.4 Å². The number of anilines is 1. The van der Waals surface area contributed by atoms with Gasteiger partial charge in [-0.05, 0) is 48.0 Å². The number of hydrazone groups is 1. The van der Waals surface area contributed by atoms with Gasteiger partial charge in [-0.1, -0.05) is 59.1 Å². The predicted molar refractivity (Wildman–Crippen MR) is 139 cm³/mol. The summed E-state index contributed by atoms with van der Waals surface area (Å²) >= 11 is 19.5. The zero-order valence-corrected chi connectivity index (χ0v) is 20.6. The molecular weight excluding hydrogens is 533 g/mol. The number of ether oxygens (including phenoxy) is 1. The minimum Gasteiger partial charge on any atom is -0.422 e. The van der Waals surface area contributed by atoms with Crippen LogP contribution < -0.4 is 15.5 Å². The highest BCUT2D eigenvalue weighted by Gasteiger charge is 2.19. The van der Waals surface area contributed by atoms with E-state index < -0.39 is 17.8 Å². The summed E-state index contributed by atoms with van der Waals surface area (Å²) in [6.07, 6.45) is 1.33. The third kappa shape index (κ3) is 5.80. The van der Waals surface area contributed by atoms with Gasteiger partial charge in [0.2, 0.25) is 0 Å². The fourth-order valence-corrected chi connectivity index (χ4v) is 4.65. The number of hydrogen-bond acceptors (Lipinski definition) is 6. The molecule has 3 aromatic carbocycles. The number of nitrogens with one attached hydrogen (secondary N) is 2. The van der Waals surface area contributed by atoms with Crippen molar-refractivity contribution in [3.63, 3.8) is 0 Å². The van der Waals surface area contributed by atoms with Crippen molar-refractivity contribution < 1.29 is 19.1 Å². The molecule has 0 radical (unpaired) electrons. The lowest BCUT2D eigenvalue weighted by molar-refractivity contribution is -0.136. The fourth-order valence-electron chi connectivity index (χ4n) is 2.92. The standard InChI is InChI=1S/C24H14Cl3N3O4S/c25-16-5-3-6-17(20(16)27)29-22(31)23(32)30-28-12-13-8-10-14(11-9-13)34-24(33)21-19(26)15-4-1-2-7-18(15)35-21/h1-12H,(H,29,31)(H,30,32)/b28-12+. The normalized spacial score (nSPS) is 10.9. The Labute approximate surface area is 218 Å².